The molecule has 0 spiro atoms. The summed E-state index contributed by atoms with van der Waals surface area (Å²) in [5.41, 5.74) is 0.914. The summed E-state index contributed by atoms with van der Waals surface area (Å²) >= 11 is 0. The van der Waals surface area contributed by atoms with Crippen LogP contribution in [0.15, 0.2) is 63.7 Å². The molecular formula is C30H33N5O6. The summed E-state index contributed by atoms with van der Waals surface area (Å²) in [5.74, 6) is 0.472. The first-order chi connectivity index (χ1) is 19.3. The van der Waals surface area contributed by atoms with Gasteiger partial charge < -0.3 is 20.1 Å². The van der Waals surface area contributed by atoms with Crippen LogP contribution < -0.4 is 21.4 Å². The third-order valence-electron chi connectivity index (χ3n) is 8.66. The van der Waals surface area contributed by atoms with Crippen LogP contribution in [-0.2, 0) is 6.54 Å². The largest absolute Gasteiger partial charge is 0.483 e. The van der Waals surface area contributed by atoms with Crippen molar-refractivity contribution in [1.29, 1.82) is 0 Å². The minimum Gasteiger partial charge on any atom is -0.483 e. The summed E-state index contributed by atoms with van der Waals surface area (Å²) in [5, 5.41) is 13.2. The number of rotatable bonds is 3. The standard InChI is InChI=1S/C30H33N5O6/c1-17(36)18-6-9-20(10-7-18)34-26(37)33-14-12-22-24(35(33)27(34)38)21-11-8-19(16-23(21)41-30(22,4)5)25-29(2,3)32(28(39)40)15-13-31-25/h6-12,16,24-25,31H,13-15H2,1-5H3,(H,39,40). The number of piperazine rings is 1. The second kappa shape index (κ2) is 9.07. The highest BCUT2D eigenvalue weighted by atomic mass is 16.5. The van der Waals surface area contributed by atoms with Gasteiger partial charge in [-0.15, -0.1) is 0 Å². The number of carboxylic acid groups (broad SMARTS) is 1. The Labute approximate surface area is 236 Å². The molecule has 0 saturated carbocycles. The first-order valence-corrected chi connectivity index (χ1v) is 13.7. The van der Waals surface area contributed by atoms with Crippen LogP contribution in [-0.4, -0.2) is 60.0 Å². The third kappa shape index (κ3) is 3.98. The quantitative estimate of drug-likeness (QED) is 0.373. The van der Waals surface area contributed by atoms with Crippen molar-refractivity contribution >= 4 is 11.9 Å². The van der Waals surface area contributed by atoms with Gasteiger partial charge in [0.1, 0.15) is 17.4 Å². The fourth-order valence-corrected chi connectivity index (χ4v) is 6.54. The highest BCUT2D eigenvalue weighted by Gasteiger charge is 2.46. The second-order valence-corrected chi connectivity index (χ2v) is 11.9. The number of ketones is 1. The Bertz CT molecular complexity index is 1740. The predicted octanol–water partition coefficient (Wildman–Crippen LogP) is 3.11. The van der Waals surface area contributed by atoms with Gasteiger partial charge in [0, 0.05) is 24.2 Å². The minimum absolute atomic E-state index is 0.103. The van der Waals surface area contributed by atoms with Gasteiger partial charge in [-0.3, -0.25) is 4.79 Å². The van der Waals surface area contributed by atoms with Gasteiger partial charge in [-0.2, -0.15) is 0 Å². The van der Waals surface area contributed by atoms with Crippen LogP contribution in [0.4, 0.5) is 4.79 Å². The van der Waals surface area contributed by atoms with Gasteiger partial charge in [0.05, 0.1) is 23.8 Å². The molecule has 0 radical (unpaired) electrons. The van der Waals surface area contributed by atoms with Crippen LogP contribution in [0.25, 0.3) is 5.69 Å². The molecule has 11 heteroatoms. The van der Waals surface area contributed by atoms with Gasteiger partial charge in [-0.1, -0.05) is 18.2 Å². The molecule has 0 aliphatic carbocycles. The first-order valence-electron chi connectivity index (χ1n) is 13.7. The fourth-order valence-electron chi connectivity index (χ4n) is 6.54. The molecule has 1 saturated heterocycles. The molecule has 3 aliphatic heterocycles. The van der Waals surface area contributed by atoms with Gasteiger partial charge in [-0.25, -0.2) is 28.3 Å². The normalized spacial score (nSPS) is 22.1. The van der Waals surface area contributed by atoms with E-state index < -0.39 is 34.7 Å². The maximum atomic E-state index is 13.9. The lowest BCUT2D eigenvalue weighted by Crippen LogP contribution is -2.61. The molecule has 2 aromatic carbocycles. The number of carbonyl (C=O) groups excluding carboxylic acids is 1. The molecule has 0 bridgehead atoms. The van der Waals surface area contributed by atoms with Crippen molar-refractivity contribution in [2.45, 2.75) is 64.4 Å². The highest BCUT2D eigenvalue weighted by Crippen LogP contribution is 2.47. The highest BCUT2D eigenvalue weighted by molar-refractivity contribution is 5.94. The molecule has 11 nitrogen and oxygen atoms in total. The lowest BCUT2D eigenvalue weighted by Gasteiger charge is -2.48. The summed E-state index contributed by atoms with van der Waals surface area (Å²) in [7, 11) is 0. The molecule has 2 unspecified atom stereocenters. The molecular weight excluding hydrogens is 526 g/mol. The molecule has 1 fully saturated rings. The first kappa shape index (κ1) is 26.8. The topological polar surface area (TPSA) is 128 Å². The minimum atomic E-state index is -0.966. The van der Waals surface area contributed by atoms with Crippen molar-refractivity contribution < 1.29 is 19.4 Å². The Morgan fingerprint density at radius 2 is 1.73 bits per heavy atom. The number of nitrogens with zero attached hydrogens (tertiary/aromatic N) is 4. The van der Waals surface area contributed by atoms with Crippen molar-refractivity contribution in [2.24, 2.45) is 0 Å². The monoisotopic (exact) mass is 559 g/mol. The van der Waals surface area contributed by atoms with Gasteiger partial charge in [0.25, 0.3) is 0 Å². The lowest BCUT2D eigenvalue weighted by molar-refractivity contribution is 0.0478. The maximum Gasteiger partial charge on any atom is 0.407 e. The number of Topliss-reactive ketones (excluding diaryl/α,β-unsaturated/α-hetero) is 1. The Hall–Kier alpha value is -4.38. The van der Waals surface area contributed by atoms with E-state index >= 15 is 0 Å². The number of nitrogens with one attached hydrogen (secondary N) is 1. The molecule has 3 aromatic rings. The molecule has 214 valence electrons. The van der Waals surface area contributed by atoms with E-state index in [0.717, 1.165) is 21.3 Å². The SMILES string of the molecule is CC(=O)c1ccc(-n2c(=O)n3n(c2=O)C2C(=CC3)C(C)(C)Oc3cc(C4NCCN(C(=O)O)C4(C)C)ccc32)cc1. The van der Waals surface area contributed by atoms with Crippen molar-refractivity contribution in [3.8, 4) is 11.4 Å². The van der Waals surface area contributed by atoms with Crippen molar-refractivity contribution in [2.75, 3.05) is 13.1 Å². The number of allylic oxidation sites excluding steroid dienone is 1. The zero-order chi connectivity index (χ0) is 29.4. The third-order valence-corrected chi connectivity index (χ3v) is 8.66. The van der Waals surface area contributed by atoms with Gasteiger partial charge in [-0.05, 0) is 76.1 Å². The van der Waals surface area contributed by atoms with E-state index in [1.54, 1.807) is 24.3 Å². The fraction of sp³-hybridized carbons (Fsp3) is 0.400. The van der Waals surface area contributed by atoms with E-state index in [2.05, 4.69) is 5.32 Å². The number of carbonyl (C=O) groups is 2. The smallest absolute Gasteiger partial charge is 0.407 e. The number of hydrogen-bond donors (Lipinski definition) is 2. The predicted molar refractivity (Wildman–Crippen MR) is 151 cm³/mol. The molecule has 2 N–H and O–H groups in total. The maximum absolute atomic E-state index is 13.9. The van der Waals surface area contributed by atoms with E-state index in [0.29, 0.717) is 30.1 Å². The zero-order valence-electron chi connectivity index (χ0n) is 23.7. The number of fused-ring (bicyclic) bond motifs is 5. The Morgan fingerprint density at radius 1 is 1.02 bits per heavy atom. The number of aromatic nitrogens is 3. The van der Waals surface area contributed by atoms with E-state index in [1.165, 1.54) is 21.2 Å². The van der Waals surface area contributed by atoms with Crippen LogP contribution in [0.1, 0.15) is 68.2 Å². The molecule has 6 rings (SSSR count). The molecule has 2 atom stereocenters. The number of hydrogen-bond acceptors (Lipinski definition) is 6. The average Bonchev–Trinajstić information content (AvgIpc) is 3.17. The van der Waals surface area contributed by atoms with Crippen LogP contribution in [0, 0.1) is 0 Å². The van der Waals surface area contributed by atoms with E-state index in [9.17, 15) is 24.3 Å². The van der Waals surface area contributed by atoms with Crippen molar-refractivity contribution in [1.82, 2.24) is 24.1 Å². The van der Waals surface area contributed by atoms with Gasteiger partial charge in [0.15, 0.2) is 5.78 Å². The second-order valence-electron chi connectivity index (χ2n) is 11.9. The number of benzene rings is 2. The van der Waals surface area contributed by atoms with Crippen LogP contribution in [0.5, 0.6) is 5.75 Å². The Kier molecular flexibility index (Phi) is 5.93. The van der Waals surface area contributed by atoms with E-state index in [-0.39, 0.29) is 18.4 Å². The molecule has 3 aliphatic rings. The lowest BCUT2D eigenvalue weighted by atomic mass is 9.80. The van der Waals surface area contributed by atoms with Crippen LogP contribution in [0.3, 0.4) is 0 Å². The molecule has 41 heavy (non-hydrogen) atoms. The van der Waals surface area contributed by atoms with Gasteiger partial charge >= 0.3 is 17.5 Å². The molecule has 4 heterocycles. The zero-order valence-corrected chi connectivity index (χ0v) is 23.7. The average molecular weight is 560 g/mol. The molecule has 1 aromatic heterocycles. The van der Waals surface area contributed by atoms with Crippen molar-refractivity contribution in [3.63, 3.8) is 0 Å². The number of amides is 1. The van der Waals surface area contributed by atoms with Crippen molar-refractivity contribution in [3.05, 3.63) is 91.8 Å². The Balaban J connectivity index is 1.47. The summed E-state index contributed by atoms with van der Waals surface area (Å²) in [4.78, 5) is 52.6. The van der Waals surface area contributed by atoms with Crippen LogP contribution >= 0.6 is 0 Å². The van der Waals surface area contributed by atoms with Crippen LogP contribution in [0.2, 0.25) is 0 Å². The van der Waals surface area contributed by atoms with E-state index in [1.807, 2.05) is 52.0 Å². The van der Waals surface area contributed by atoms with Gasteiger partial charge in [0.2, 0.25) is 0 Å². The van der Waals surface area contributed by atoms with E-state index in [4.69, 9.17) is 4.74 Å². The summed E-state index contributed by atoms with van der Waals surface area (Å²) in [6.07, 6.45) is 0.980. The Morgan fingerprint density at radius 3 is 2.39 bits per heavy atom. The molecule has 1 amide bonds. The summed E-state index contributed by atoms with van der Waals surface area (Å²) < 4.78 is 10.6. The summed E-state index contributed by atoms with van der Waals surface area (Å²) in [6, 6.07) is 11.3. The summed E-state index contributed by atoms with van der Waals surface area (Å²) in [6.45, 7) is 10.2. The number of ether oxygens (including phenoxy) is 1.